The number of aromatic nitrogens is 1. The number of fused-ring (bicyclic) bond motifs is 1. The number of carbonyl (C=O) groups is 3. The van der Waals surface area contributed by atoms with Crippen molar-refractivity contribution in [1.29, 1.82) is 0 Å². The van der Waals surface area contributed by atoms with Gasteiger partial charge in [0.1, 0.15) is 18.1 Å². The molecule has 1 aromatic carbocycles. The highest BCUT2D eigenvalue weighted by Crippen LogP contribution is 2.31. The number of carbonyl (C=O) groups excluding carboxylic acids is 3. The molecule has 0 unspecified atom stereocenters. The molecule has 0 radical (unpaired) electrons. The van der Waals surface area contributed by atoms with E-state index in [-0.39, 0.29) is 37.4 Å². The molecule has 0 spiro atoms. The maximum atomic E-state index is 12.8. The summed E-state index contributed by atoms with van der Waals surface area (Å²) >= 11 is 0. The van der Waals surface area contributed by atoms with Gasteiger partial charge in [-0.1, -0.05) is 17.3 Å². The zero-order valence-corrected chi connectivity index (χ0v) is 16.7. The van der Waals surface area contributed by atoms with E-state index in [1.807, 2.05) is 17.0 Å². The maximum Gasteiger partial charge on any atom is 0.265 e. The van der Waals surface area contributed by atoms with Crippen molar-refractivity contribution in [1.82, 2.24) is 15.0 Å². The molecule has 0 aliphatic carbocycles. The van der Waals surface area contributed by atoms with Gasteiger partial charge in [0.05, 0.1) is 12.2 Å². The summed E-state index contributed by atoms with van der Waals surface area (Å²) < 4.78 is 10.3. The fourth-order valence-corrected chi connectivity index (χ4v) is 3.53. The van der Waals surface area contributed by atoms with E-state index in [0.717, 1.165) is 0 Å². The molecule has 10 nitrogen and oxygen atoms in total. The molecule has 3 amide bonds. The third-order valence-electron chi connectivity index (χ3n) is 5.09. The normalized spacial score (nSPS) is 16.8. The van der Waals surface area contributed by atoms with Crippen molar-refractivity contribution in [3.05, 3.63) is 36.1 Å². The first-order valence-electron chi connectivity index (χ1n) is 9.75. The van der Waals surface area contributed by atoms with E-state index in [0.29, 0.717) is 49.2 Å². The van der Waals surface area contributed by atoms with Gasteiger partial charge >= 0.3 is 0 Å². The van der Waals surface area contributed by atoms with E-state index >= 15 is 0 Å². The number of ether oxygens (including phenoxy) is 1. The van der Waals surface area contributed by atoms with E-state index in [1.54, 1.807) is 30.0 Å². The second-order valence-corrected chi connectivity index (χ2v) is 7.26. The van der Waals surface area contributed by atoms with Gasteiger partial charge in [0.2, 0.25) is 11.8 Å². The largest absolute Gasteiger partial charge is 0.482 e. The van der Waals surface area contributed by atoms with Crippen LogP contribution in [0.4, 0.5) is 11.5 Å². The van der Waals surface area contributed by atoms with Gasteiger partial charge in [-0.05, 0) is 19.1 Å². The molecule has 0 bridgehead atoms. The molecule has 10 heteroatoms. The first-order valence-corrected chi connectivity index (χ1v) is 9.75. The zero-order valence-electron chi connectivity index (χ0n) is 16.7. The molecule has 2 aliphatic rings. The molecule has 0 atom stereocenters. The molecule has 0 saturated carbocycles. The highest BCUT2D eigenvalue weighted by Gasteiger charge is 2.30. The minimum absolute atomic E-state index is 0.0226. The van der Waals surface area contributed by atoms with Crippen LogP contribution in [0, 0.1) is 6.92 Å². The van der Waals surface area contributed by atoms with Crippen LogP contribution in [0.25, 0.3) is 0 Å². The highest BCUT2D eigenvalue weighted by atomic mass is 16.5. The molecular weight excluding hydrogens is 390 g/mol. The number of para-hydroxylation sites is 2. The van der Waals surface area contributed by atoms with Crippen molar-refractivity contribution in [2.45, 2.75) is 6.92 Å². The quantitative estimate of drug-likeness (QED) is 0.760. The number of piperazine rings is 1. The van der Waals surface area contributed by atoms with Crippen molar-refractivity contribution in [2.24, 2.45) is 0 Å². The van der Waals surface area contributed by atoms with Crippen LogP contribution >= 0.6 is 0 Å². The average molecular weight is 413 g/mol. The Morgan fingerprint density at radius 2 is 1.90 bits per heavy atom. The van der Waals surface area contributed by atoms with Crippen LogP contribution in [0.2, 0.25) is 0 Å². The van der Waals surface area contributed by atoms with Gasteiger partial charge in [0.15, 0.2) is 12.4 Å². The molecule has 4 rings (SSSR count). The summed E-state index contributed by atoms with van der Waals surface area (Å²) in [6.45, 7) is 4.01. The number of benzene rings is 1. The molecule has 158 valence electrons. The van der Waals surface area contributed by atoms with E-state index in [2.05, 4.69) is 10.5 Å². The summed E-state index contributed by atoms with van der Waals surface area (Å²) in [5, 5.41) is 6.43. The Labute approximate surface area is 173 Å². The van der Waals surface area contributed by atoms with Crippen LogP contribution in [-0.2, 0) is 14.4 Å². The molecule has 1 saturated heterocycles. The Kier molecular flexibility index (Phi) is 5.66. The lowest BCUT2D eigenvalue weighted by molar-refractivity contribution is -0.133. The topological polar surface area (TPSA) is 108 Å². The predicted octanol–water partition coefficient (Wildman–Crippen LogP) is 0.491. The van der Waals surface area contributed by atoms with Gasteiger partial charge in [0, 0.05) is 32.2 Å². The van der Waals surface area contributed by atoms with E-state index in [9.17, 15) is 14.4 Å². The molecule has 2 aliphatic heterocycles. The third kappa shape index (κ3) is 4.43. The Bertz CT molecular complexity index is 951. The summed E-state index contributed by atoms with van der Waals surface area (Å²) in [5.74, 6) is 1.07. The summed E-state index contributed by atoms with van der Waals surface area (Å²) in [4.78, 5) is 42.4. The molecule has 1 aromatic heterocycles. The second-order valence-electron chi connectivity index (χ2n) is 7.26. The molecule has 2 aromatic rings. The Morgan fingerprint density at radius 3 is 2.63 bits per heavy atom. The van der Waals surface area contributed by atoms with Crippen LogP contribution in [0.5, 0.6) is 5.75 Å². The van der Waals surface area contributed by atoms with Crippen molar-refractivity contribution >= 4 is 29.2 Å². The molecule has 1 N–H and O–H groups in total. The smallest absolute Gasteiger partial charge is 0.265 e. The minimum Gasteiger partial charge on any atom is -0.482 e. The van der Waals surface area contributed by atoms with Gasteiger partial charge in [-0.2, -0.15) is 0 Å². The molecule has 3 heterocycles. The van der Waals surface area contributed by atoms with Gasteiger partial charge < -0.3 is 19.5 Å². The van der Waals surface area contributed by atoms with Crippen LogP contribution in [0.15, 0.2) is 34.9 Å². The molecular formula is C20H23N5O5. The summed E-state index contributed by atoms with van der Waals surface area (Å²) in [7, 11) is 0. The fourth-order valence-electron chi connectivity index (χ4n) is 3.53. The minimum atomic E-state index is -0.236. The van der Waals surface area contributed by atoms with Crippen LogP contribution in [0.1, 0.15) is 5.76 Å². The maximum absolute atomic E-state index is 12.8. The highest BCUT2D eigenvalue weighted by molar-refractivity contribution is 6.02. The number of hydrogen-bond donors (Lipinski definition) is 1. The first-order chi connectivity index (χ1) is 14.5. The van der Waals surface area contributed by atoms with Crippen molar-refractivity contribution in [3.63, 3.8) is 0 Å². The van der Waals surface area contributed by atoms with E-state index in [1.165, 1.54) is 4.90 Å². The number of nitrogens with zero attached hydrogens (tertiary/aromatic N) is 4. The van der Waals surface area contributed by atoms with Gasteiger partial charge in [0.25, 0.3) is 5.91 Å². The Hall–Kier alpha value is -3.40. The number of aryl methyl sites for hydroxylation is 1. The number of rotatable bonds is 5. The van der Waals surface area contributed by atoms with E-state index < -0.39 is 0 Å². The number of anilines is 2. The van der Waals surface area contributed by atoms with Crippen LogP contribution < -0.4 is 15.0 Å². The SMILES string of the molecule is Cc1cc(NC(=O)CN2CCN(C(=O)CN3C(=O)COc4ccccc43)CC2)no1. The van der Waals surface area contributed by atoms with E-state index in [4.69, 9.17) is 9.26 Å². The molecule has 1 fully saturated rings. The standard InChI is InChI=1S/C20H23N5O5/c1-14-10-17(22-30-14)21-18(26)11-23-6-8-24(9-7-23)19(27)12-25-15-4-2-3-5-16(15)29-13-20(25)28/h2-5,10H,6-9,11-13H2,1H3,(H,21,22,26). The molecule has 30 heavy (non-hydrogen) atoms. The third-order valence-corrected chi connectivity index (χ3v) is 5.09. The van der Waals surface area contributed by atoms with Crippen LogP contribution in [0.3, 0.4) is 0 Å². The van der Waals surface area contributed by atoms with Crippen LogP contribution in [-0.4, -0.2) is 78.6 Å². The average Bonchev–Trinajstić information content (AvgIpc) is 3.15. The number of amides is 3. The van der Waals surface area contributed by atoms with Gasteiger partial charge in [-0.3, -0.25) is 24.2 Å². The van der Waals surface area contributed by atoms with Crippen molar-refractivity contribution in [3.8, 4) is 5.75 Å². The summed E-state index contributed by atoms with van der Waals surface area (Å²) in [5.41, 5.74) is 0.612. The van der Waals surface area contributed by atoms with Gasteiger partial charge in [-0.15, -0.1) is 0 Å². The lowest BCUT2D eigenvalue weighted by Gasteiger charge is -2.36. The first kappa shape index (κ1) is 19.9. The Balaban J connectivity index is 1.27. The van der Waals surface area contributed by atoms with Crippen molar-refractivity contribution in [2.75, 3.05) is 56.1 Å². The number of nitrogens with one attached hydrogen (secondary N) is 1. The zero-order chi connectivity index (χ0) is 21.1. The summed E-state index contributed by atoms with van der Waals surface area (Å²) in [6, 6.07) is 8.84. The lowest BCUT2D eigenvalue weighted by atomic mass is 10.2. The van der Waals surface area contributed by atoms with Gasteiger partial charge in [-0.25, -0.2) is 0 Å². The lowest BCUT2D eigenvalue weighted by Crippen LogP contribution is -2.53. The van der Waals surface area contributed by atoms with Crippen molar-refractivity contribution < 1.29 is 23.6 Å². The monoisotopic (exact) mass is 413 g/mol. The predicted molar refractivity (Wildman–Crippen MR) is 107 cm³/mol. The summed E-state index contributed by atoms with van der Waals surface area (Å²) in [6.07, 6.45) is 0. The fraction of sp³-hybridized carbons (Fsp3) is 0.400. The number of hydrogen-bond acceptors (Lipinski definition) is 7. The second kappa shape index (κ2) is 8.54. The Morgan fingerprint density at radius 1 is 1.13 bits per heavy atom.